The Morgan fingerprint density at radius 3 is 2.88 bits per heavy atom. The Kier molecular flexibility index (Phi) is 4.71. The van der Waals surface area contributed by atoms with Crippen LogP contribution in [0.4, 0.5) is 5.69 Å². The van der Waals surface area contributed by atoms with Crippen LogP contribution >= 0.6 is 0 Å². The number of hydrogen-bond acceptors (Lipinski definition) is 2. The molecule has 0 aliphatic rings. The van der Waals surface area contributed by atoms with E-state index in [4.69, 9.17) is 10.5 Å². The maximum atomic E-state index is 5.87. The minimum absolute atomic E-state index is 0. The van der Waals surface area contributed by atoms with E-state index < -0.39 is 0 Å². The highest BCUT2D eigenvalue weighted by atomic mass is 79.9. The van der Waals surface area contributed by atoms with Gasteiger partial charge >= 0.3 is 0 Å². The van der Waals surface area contributed by atoms with E-state index in [0.717, 1.165) is 29.6 Å². The fraction of sp³-hybridized carbons (Fsp3) is 0.250. The van der Waals surface area contributed by atoms with Crippen molar-refractivity contribution in [3.8, 4) is 0 Å². The molecule has 2 rings (SSSR count). The van der Waals surface area contributed by atoms with Gasteiger partial charge in [0, 0.05) is 29.6 Å². The molecule has 3 nitrogen and oxygen atoms in total. The topological polar surface area (TPSA) is 39.1 Å². The Morgan fingerprint density at radius 1 is 1.31 bits per heavy atom. The number of nitrogen functional groups attached to an aromatic ring is 1. The van der Waals surface area contributed by atoms with Crippen LogP contribution in [0.15, 0.2) is 36.7 Å². The summed E-state index contributed by atoms with van der Waals surface area (Å²) < 4.78 is 7.14. The van der Waals surface area contributed by atoms with Gasteiger partial charge in [0.25, 0.3) is 0 Å². The van der Waals surface area contributed by atoms with E-state index in [0.29, 0.717) is 0 Å². The summed E-state index contributed by atoms with van der Waals surface area (Å²) in [6, 6.07) is 8.00. The van der Waals surface area contributed by atoms with Gasteiger partial charge in [0.2, 0.25) is 0 Å². The molecular formula is C12H15BrN2O. The van der Waals surface area contributed by atoms with Gasteiger partial charge in [0.1, 0.15) is 6.61 Å². The lowest BCUT2D eigenvalue weighted by atomic mass is 10.1. The van der Waals surface area contributed by atoms with Crippen LogP contribution in [0, 0.1) is 0 Å². The Morgan fingerprint density at radius 2 is 2.12 bits per heavy atom. The van der Waals surface area contributed by atoms with Crippen molar-refractivity contribution in [3.63, 3.8) is 0 Å². The van der Waals surface area contributed by atoms with E-state index in [9.17, 15) is 0 Å². The normalized spacial score (nSPS) is 10.1. The summed E-state index contributed by atoms with van der Waals surface area (Å²) in [7, 11) is 1.71. The van der Waals surface area contributed by atoms with Crippen molar-refractivity contribution in [1.29, 1.82) is 0 Å². The number of nitrogens with two attached hydrogens (primary N) is 1. The van der Waals surface area contributed by atoms with Gasteiger partial charge in [-0.3, -0.25) is 0 Å². The van der Waals surface area contributed by atoms with Crippen LogP contribution in [-0.2, 0) is 11.3 Å². The summed E-state index contributed by atoms with van der Waals surface area (Å²) in [4.78, 5) is 0. The second-order valence-corrected chi connectivity index (χ2v) is 3.53. The van der Waals surface area contributed by atoms with E-state index in [-0.39, 0.29) is 17.0 Å². The van der Waals surface area contributed by atoms with Crippen molar-refractivity contribution in [2.24, 2.45) is 0 Å². The Balaban J connectivity index is 0.00000128. The van der Waals surface area contributed by atoms with Crippen molar-refractivity contribution >= 4 is 16.5 Å². The molecule has 4 heteroatoms. The number of nitrogens with zero attached hydrogens (tertiary/aromatic N) is 1. The lowest BCUT2D eigenvalue weighted by Gasteiger charge is -2.01. The molecule has 1 aromatic heterocycles. The summed E-state index contributed by atoms with van der Waals surface area (Å²) in [5.41, 5.74) is 6.70. The summed E-state index contributed by atoms with van der Waals surface area (Å²) >= 11 is 0. The number of ether oxygens (including phenoxy) is 1. The lowest BCUT2D eigenvalue weighted by Crippen LogP contribution is -3.00. The number of halogens is 1. The second kappa shape index (κ2) is 5.82. The van der Waals surface area contributed by atoms with Crippen molar-refractivity contribution in [1.82, 2.24) is 0 Å². The molecule has 86 valence electrons. The number of fused-ring (bicyclic) bond motifs is 1. The quantitative estimate of drug-likeness (QED) is 0.542. The standard InChI is InChI=1S/C12H15N2O.BrH/c1-15-8-7-14-6-5-11-10(9-14)3-2-4-12(11)13;/h2-6,9H,7-8,13H2,1H3;1H/q+1;/p-1. The smallest absolute Gasteiger partial charge is 0.176 e. The van der Waals surface area contributed by atoms with Gasteiger partial charge in [0.05, 0.1) is 0 Å². The fourth-order valence-electron chi connectivity index (χ4n) is 1.63. The van der Waals surface area contributed by atoms with E-state index in [2.05, 4.69) is 16.8 Å². The van der Waals surface area contributed by atoms with Crippen molar-refractivity contribution in [2.45, 2.75) is 6.54 Å². The van der Waals surface area contributed by atoms with E-state index in [1.54, 1.807) is 7.11 Å². The third-order valence-corrected chi connectivity index (χ3v) is 2.46. The molecule has 1 aromatic carbocycles. The van der Waals surface area contributed by atoms with E-state index >= 15 is 0 Å². The SMILES string of the molecule is COCC[n+]1ccc2c(N)cccc2c1.[Br-]. The Labute approximate surface area is 106 Å². The van der Waals surface area contributed by atoms with Gasteiger partial charge in [-0.25, -0.2) is 4.57 Å². The van der Waals surface area contributed by atoms with Crippen LogP contribution in [0.5, 0.6) is 0 Å². The summed E-state index contributed by atoms with van der Waals surface area (Å²) in [6.45, 7) is 1.58. The number of pyridine rings is 1. The number of anilines is 1. The first-order chi connectivity index (χ1) is 7.31. The number of benzene rings is 1. The first-order valence-corrected chi connectivity index (χ1v) is 4.97. The molecule has 0 aliphatic heterocycles. The predicted octanol–water partition coefficient (Wildman–Crippen LogP) is -1.64. The Hall–Kier alpha value is -1.13. The monoisotopic (exact) mass is 282 g/mol. The first kappa shape index (κ1) is 12.9. The molecule has 0 amide bonds. The van der Waals surface area contributed by atoms with E-state index in [1.807, 2.05) is 24.4 Å². The highest BCUT2D eigenvalue weighted by Crippen LogP contribution is 2.17. The number of methoxy groups -OCH3 is 1. The van der Waals surface area contributed by atoms with Crippen molar-refractivity contribution in [3.05, 3.63) is 36.7 Å². The molecule has 16 heavy (non-hydrogen) atoms. The molecule has 0 saturated heterocycles. The van der Waals surface area contributed by atoms with Crippen LogP contribution in [-0.4, -0.2) is 13.7 Å². The average Bonchev–Trinajstić information content (AvgIpc) is 2.26. The van der Waals surface area contributed by atoms with Crippen LogP contribution in [0.25, 0.3) is 10.8 Å². The summed E-state index contributed by atoms with van der Waals surface area (Å²) in [6.07, 6.45) is 4.11. The predicted molar refractivity (Wildman–Crippen MR) is 60.4 cm³/mol. The number of aromatic nitrogens is 1. The first-order valence-electron chi connectivity index (χ1n) is 4.97. The molecule has 0 bridgehead atoms. The minimum atomic E-state index is 0. The summed E-state index contributed by atoms with van der Waals surface area (Å²) in [5, 5.41) is 2.26. The highest BCUT2D eigenvalue weighted by Gasteiger charge is 2.03. The van der Waals surface area contributed by atoms with Crippen LogP contribution in [0.1, 0.15) is 0 Å². The van der Waals surface area contributed by atoms with Crippen LogP contribution < -0.4 is 27.3 Å². The number of rotatable bonds is 3. The van der Waals surface area contributed by atoms with Crippen LogP contribution in [0.3, 0.4) is 0 Å². The molecule has 0 unspecified atom stereocenters. The van der Waals surface area contributed by atoms with Crippen molar-refractivity contribution in [2.75, 3.05) is 19.5 Å². The van der Waals surface area contributed by atoms with Crippen LogP contribution in [0.2, 0.25) is 0 Å². The van der Waals surface area contributed by atoms with Gasteiger partial charge in [-0.05, 0) is 12.1 Å². The lowest BCUT2D eigenvalue weighted by molar-refractivity contribution is -0.697. The zero-order valence-corrected chi connectivity index (χ0v) is 10.8. The molecule has 0 radical (unpaired) electrons. The zero-order chi connectivity index (χ0) is 10.7. The molecule has 0 spiro atoms. The molecule has 0 atom stereocenters. The minimum Gasteiger partial charge on any atom is -1.00 e. The van der Waals surface area contributed by atoms with Crippen molar-refractivity contribution < 1.29 is 26.3 Å². The van der Waals surface area contributed by atoms with E-state index in [1.165, 1.54) is 0 Å². The highest BCUT2D eigenvalue weighted by molar-refractivity contribution is 5.91. The van der Waals surface area contributed by atoms with Gasteiger partial charge in [-0.1, -0.05) is 6.07 Å². The van der Waals surface area contributed by atoms with Gasteiger partial charge in [0.15, 0.2) is 18.9 Å². The van der Waals surface area contributed by atoms with Gasteiger partial charge in [-0.2, -0.15) is 0 Å². The summed E-state index contributed by atoms with van der Waals surface area (Å²) in [5.74, 6) is 0. The zero-order valence-electron chi connectivity index (χ0n) is 9.19. The molecule has 1 heterocycles. The average molecular weight is 283 g/mol. The van der Waals surface area contributed by atoms with Gasteiger partial charge in [-0.15, -0.1) is 0 Å². The third kappa shape index (κ3) is 2.71. The Bertz CT molecular complexity index is 474. The van der Waals surface area contributed by atoms with Gasteiger partial charge < -0.3 is 27.5 Å². The molecule has 2 aromatic rings. The molecule has 0 fully saturated rings. The maximum Gasteiger partial charge on any atom is 0.176 e. The largest absolute Gasteiger partial charge is 1.00 e. The second-order valence-electron chi connectivity index (χ2n) is 3.53. The number of hydrogen-bond donors (Lipinski definition) is 1. The fourth-order valence-corrected chi connectivity index (χ4v) is 1.63. The molecule has 0 aliphatic carbocycles. The molecule has 2 N–H and O–H groups in total. The maximum absolute atomic E-state index is 5.87. The molecular weight excluding hydrogens is 268 g/mol. The molecule has 0 saturated carbocycles. The third-order valence-electron chi connectivity index (χ3n) is 2.46.